The summed E-state index contributed by atoms with van der Waals surface area (Å²) in [6.07, 6.45) is 0. The second-order valence-electron chi connectivity index (χ2n) is 9.18. The van der Waals surface area contributed by atoms with Crippen molar-refractivity contribution in [3.8, 4) is 0 Å². The number of sulfonamides is 2. The van der Waals surface area contributed by atoms with Gasteiger partial charge in [-0.15, -0.1) is 0 Å². The molecule has 0 unspecified atom stereocenters. The maximum Gasteiger partial charge on any atom is 0.240 e. The standard InChI is InChI=1S/C28H30FN9O4S2/c1-18(20-8-12-24(13-9-20)43(39,40)30-3)35-37-26-17-27(34-28(33-26)32-23-7-5-6-22(29)16-23)38-36-19(2)21-10-14-25(15-11-21)44(41,42)31-4/h5-17,30-31H,1-4H3,(H3,32,33,34,37,38). The Labute approximate surface area is 254 Å². The van der Waals surface area contributed by atoms with Crippen LogP contribution in [0.2, 0.25) is 0 Å². The maximum atomic E-state index is 13.8. The predicted molar refractivity (Wildman–Crippen MR) is 169 cm³/mol. The van der Waals surface area contributed by atoms with Crippen LogP contribution in [0, 0.1) is 5.82 Å². The number of nitrogens with zero attached hydrogens (tertiary/aromatic N) is 4. The van der Waals surface area contributed by atoms with E-state index >= 15 is 0 Å². The van der Waals surface area contributed by atoms with Crippen LogP contribution in [-0.2, 0) is 20.0 Å². The lowest BCUT2D eigenvalue weighted by molar-refractivity contribution is 0.586. The molecule has 3 aromatic carbocycles. The fourth-order valence-electron chi connectivity index (χ4n) is 3.71. The molecule has 0 spiro atoms. The number of hydrogen-bond donors (Lipinski definition) is 5. The van der Waals surface area contributed by atoms with E-state index in [9.17, 15) is 21.2 Å². The molecule has 0 aliphatic carbocycles. The molecule has 5 N–H and O–H groups in total. The molecule has 0 aliphatic heterocycles. The number of anilines is 4. The summed E-state index contributed by atoms with van der Waals surface area (Å²) in [5.74, 6) is 0.214. The highest BCUT2D eigenvalue weighted by molar-refractivity contribution is 7.89. The highest BCUT2D eigenvalue weighted by Crippen LogP contribution is 2.20. The predicted octanol–water partition coefficient (Wildman–Crippen LogP) is 3.85. The number of hydrazone groups is 2. The fourth-order valence-corrected chi connectivity index (χ4v) is 5.17. The molecule has 0 bridgehead atoms. The molecular weight excluding hydrogens is 609 g/mol. The normalized spacial score (nSPS) is 12.6. The number of nitrogens with one attached hydrogen (secondary N) is 5. The van der Waals surface area contributed by atoms with Crippen LogP contribution >= 0.6 is 0 Å². The molecule has 1 heterocycles. The van der Waals surface area contributed by atoms with E-state index in [-0.39, 0.29) is 27.4 Å². The first kappa shape index (κ1) is 32.2. The van der Waals surface area contributed by atoms with Crippen LogP contribution in [0.1, 0.15) is 25.0 Å². The topological polar surface area (TPSA) is 179 Å². The van der Waals surface area contributed by atoms with Crippen molar-refractivity contribution in [3.05, 3.63) is 95.8 Å². The largest absolute Gasteiger partial charge is 0.324 e. The van der Waals surface area contributed by atoms with Gasteiger partial charge in [0.2, 0.25) is 26.0 Å². The van der Waals surface area contributed by atoms with Crippen molar-refractivity contribution in [2.45, 2.75) is 23.6 Å². The monoisotopic (exact) mass is 639 g/mol. The highest BCUT2D eigenvalue weighted by Gasteiger charge is 2.13. The molecular formula is C28H30FN9O4S2. The zero-order valence-corrected chi connectivity index (χ0v) is 25.8. The SMILES string of the molecule is CNS(=O)(=O)c1ccc(C(C)=NNc2cc(NN=C(C)c3ccc(S(=O)(=O)NC)cc3)nc(Nc3cccc(F)c3)n2)cc1. The number of benzene rings is 3. The molecule has 0 radical (unpaired) electrons. The maximum absolute atomic E-state index is 13.8. The average Bonchev–Trinajstić information content (AvgIpc) is 3.02. The lowest BCUT2D eigenvalue weighted by Gasteiger charge is -2.11. The van der Waals surface area contributed by atoms with Crippen LogP contribution in [0.25, 0.3) is 0 Å². The molecule has 4 rings (SSSR count). The molecule has 16 heteroatoms. The lowest BCUT2D eigenvalue weighted by Crippen LogP contribution is -2.18. The minimum absolute atomic E-state index is 0.118. The zero-order chi connectivity index (χ0) is 31.9. The summed E-state index contributed by atoms with van der Waals surface area (Å²) in [6.45, 7) is 3.48. The summed E-state index contributed by atoms with van der Waals surface area (Å²) in [4.78, 5) is 9.06. The molecule has 4 aromatic rings. The molecule has 0 saturated heterocycles. The van der Waals surface area contributed by atoms with Gasteiger partial charge in [-0.3, -0.25) is 10.9 Å². The molecule has 44 heavy (non-hydrogen) atoms. The Morgan fingerprint density at radius 1 is 0.682 bits per heavy atom. The van der Waals surface area contributed by atoms with Crippen molar-refractivity contribution in [3.63, 3.8) is 0 Å². The number of halogens is 1. The highest BCUT2D eigenvalue weighted by atomic mass is 32.2. The van der Waals surface area contributed by atoms with Crippen molar-refractivity contribution >= 4 is 54.7 Å². The number of aromatic nitrogens is 2. The molecule has 1 aromatic heterocycles. The van der Waals surface area contributed by atoms with Crippen LogP contribution < -0.4 is 25.6 Å². The Morgan fingerprint density at radius 2 is 1.14 bits per heavy atom. The van der Waals surface area contributed by atoms with E-state index in [1.807, 2.05) is 0 Å². The molecule has 13 nitrogen and oxygen atoms in total. The summed E-state index contributed by atoms with van der Waals surface area (Å²) < 4.78 is 66.4. The summed E-state index contributed by atoms with van der Waals surface area (Å²) in [6, 6.07) is 19.8. The van der Waals surface area contributed by atoms with Gasteiger partial charge < -0.3 is 5.32 Å². The summed E-state index contributed by atoms with van der Waals surface area (Å²) in [5, 5.41) is 11.7. The van der Waals surface area contributed by atoms with Crippen molar-refractivity contribution < 1.29 is 21.2 Å². The minimum atomic E-state index is -3.57. The van der Waals surface area contributed by atoms with Gasteiger partial charge in [0.1, 0.15) is 5.82 Å². The molecule has 0 amide bonds. The fraction of sp³-hybridized carbons (Fsp3) is 0.143. The second-order valence-corrected chi connectivity index (χ2v) is 13.0. The van der Waals surface area contributed by atoms with Crippen molar-refractivity contribution in [1.29, 1.82) is 0 Å². The Morgan fingerprint density at radius 3 is 1.55 bits per heavy atom. The first-order chi connectivity index (χ1) is 20.9. The molecule has 0 aliphatic rings. The molecule has 0 atom stereocenters. The van der Waals surface area contributed by atoms with Gasteiger partial charge in [-0.2, -0.15) is 20.2 Å². The van der Waals surface area contributed by atoms with Gasteiger partial charge in [0.25, 0.3) is 0 Å². The number of rotatable bonds is 12. The van der Waals surface area contributed by atoms with Gasteiger partial charge in [0.15, 0.2) is 11.6 Å². The third-order valence-electron chi connectivity index (χ3n) is 6.19. The second kappa shape index (κ2) is 13.7. The van der Waals surface area contributed by atoms with E-state index in [1.54, 1.807) is 56.3 Å². The van der Waals surface area contributed by atoms with E-state index < -0.39 is 25.9 Å². The van der Waals surface area contributed by atoms with Crippen LogP contribution in [0.5, 0.6) is 0 Å². The van der Waals surface area contributed by atoms with E-state index in [2.05, 4.69) is 45.8 Å². The summed E-state index contributed by atoms with van der Waals surface area (Å²) >= 11 is 0. The third-order valence-corrected chi connectivity index (χ3v) is 9.05. The van der Waals surface area contributed by atoms with E-state index in [0.717, 1.165) is 0 Å². The van der Waals surface area contributed by atoms with Gasteiger partial charge >= 0.3 is 0 Å². The Bertz CT molecular complexity index is 1800. The van der Waals surface area contributed by atoms with E-state index in [4.69, 9.17) is 0 Å². The first-order valence-electron chi connectivity index (χ1n) is 13.0. The van der Waals surface area contributed by atoms with Crippen molar-refractivity contribution in [2.75, 3.05) is 30.3 Å². The van der Waals surface area contributed by atoms with Crippen LogP contribution in [-0.4, -0.2) is 52.3 Å². The zero-order valence-electron chi connectivity index (χ0n) is 24.1. The quantitative estimate of drug-likeness (QED) is 0.114. The Kier molecular flexibility index (Phi) is 10.00. The van der Waals surface area contributed by atoms with Gasteiger partial charge in [0, 0.05) is 11.8 Å². The summed E-state index contributed by atoms with van der Waals surface area (Å²) in [5.41, 5.74) is 8.58. The van der Waals surface area contributed by atoms with Crippen LogP contribution in [0.4, 0.5) is 27.7 Å². The van der Waals surface area contributed by atoms with Gasteiger partial charge in [-0.1, -0.05) is 30.3 Å². The van der Waals surface area contributed by atoms with E-state index in [0.29, 0.717) is 28.2 Å². The molecule has 0 fully saturated rings. The smallest absolute Gasteiger partial charge is 0.240 e. The lowest BCUT2D eigenvalue weighted by atomic mass is 10.1. The van der Waals surface area contributed by atoms with Crippen LogP contribution in [0.15, 0.2) is 98.9 Å². The molecule has 0 saturated carbocycles. The van der Waals surface area contributed by atoms with Crippen LogP contribution in [0.3, 0.4) is 0 Å². The van der Waals surface area contributed by atoms with Crippen molar-refractivity contribution in [2.24, 2.45) is 10.2 Å². The van der Waals surface area contributed by atoms with Crippen molar-refractivity contribution in [1.82, 2.24) is 19.4 Å². The Hall–Kier alpha value is -4.77. The third kappa shape index (κ3) is 8.19. The minimum Gasteiger partial charge on any atom is -0.324 e. The van der Waals surface area contributed by atoms with Gasteiger partial charge in [-0.25, -0.2) is 30.7 Å². The Balaban J connectivity index is 1.59. The summed E-state index contributed by atoms with van der Waals surface area (Å²) in [7, 11) is -4.46. The molecule has 230 valence electrons. The van der Waals surface area contributed by atoms with Gasteiger partial charge in [-0.05, 0) is 81.5 Å². The van der Waals surface area contributed by atoms with E-state index in [1.165, 1.54) is 50.5 Å². The number of hydrogen-bond acceptors (Lipinski definition) is 11. The van der Waals surface area contributed by atoms with Gasteiger partial charge in [0.05, 0.1) is 21.2 Å². The first-order valence-corrected chi connectivity index (χ1v) is 16.0. The average molecular weight is 640 g/mol.